The maximum atomic E-state index is 12.0. The summed E-state index contributed by atoms with van der Waals surface area (Å²) in [6, 6.07) is 13.9. The van der Waals surface area contributed by atoms with E-state index in [0.29, 0.717) is 13.0 Å². The number of nitrogens with zero attached hydrogens (tertiary/aromatic N) is 1. The van der Waals surface area contributed by atoms with Crippen LogP contribution < -0.4 is 0 Å². The number of esters is 1. The molecule has 0 saturated heterocycles. The molecule has 3 rings (SSSR count). The molecule has 0 saturated carbocycles. The summed E-state index contributed by atoms with van der Waals surface area (Å²) in [5.74, 6) is 0.136. The van der Waals surface area contributed by atoms with Crippen molar-refractivity contribution in [3.8, 4) is 5.75 Å². The normalized spacial score (nSPS) is 18.3. The maximum Gasteiger partial charge on any atom is 0.307 e. The molecule has 1 aliphatic carbocycles. The SMILES string of the molecule is CN(CCC[C@]1(c2ccc(O)cc2)CCc2cc(Cl)ccc21)CCC(=O)OC(C)(C)C. The van der Waals surface area contributed by atoms with Crippen molar-refractivity contribution in [1.82, 2.24) is 4.90 Å². The van der Waals surface area contributed by atoms with Crippen LogP contribution in [0.3, 0.4) is 0 Å². The van der Waals surface area contributed by atoms with E-state index in [9.17, 15) is 9.90 Å². The van der Waals surface area contributed by atoms with Crippen LogP contribution >= 0.6 is 11.6 Å². The van der Waals surface area contributed by atoms with Gasteiger partial charge >= 0.3 is 5.97 Å². The van der Waals surface area contributed by atoms with Gasteiger partial charge < -0.3 is 14.7 Å². The van der Waals surface area contributed by atoms with Gasteiger partial charge in [0.25, 0.3) is 0 Å². The van der Waals surface area contributed by atoms with Gasteiger partial charge in [-0.2, -0.15) is 0 Å². The molecule has 1 aliphatic rings. The average Bonchev–Trinajstić information content (AvgIpc) is 3.04. The molecule has 2 aromatic carbocycles. The minimum atomic E-state index is -0.440. The number of carbonyl (C=O) groups is 1. The molecule has 0 aromatic heterocycles. The number of carbonyl (C=O) groups excluding carboxylic acids is 1. The second kappa shape index (κ2) is 9.62. The van der Waals surface area contributed by atoms with Crippen LogP contribution in [0.5, 0.6) is 5.75 Å². The van der Waals surface area contributed by atoms with E-state index in [1.807, 2.05) is 39.0 Å². The molecule has 0 fully saturated rings. The summed E-state index contributed by atoms with van der Waals surface area (Å²) in [4.78, 5) is 14.2. The first-order valence-electron chi connectivity index (χ1n) is 11.1. The highest BCUT2D eigenvalue weighted by atomic mass is 35.5. The smallest absolute Gasteiger partial charge is 0.307 e. The fraction of sp³-hybridized carbons (Fsp3) is 0.500. The Morgan fingerprint density at radius 2 is 1.87 bits per heavy atom. The lowest BCUT2D eigenvalue weighted by molar-refractivity contribution is -0.155. The number of fused-ring (bicyclic) bond motifs is 1. The van der Waals surface area contributed by atoms with Gasteiger partial charge in [0.2, 0.25) is 0 Å². The second-order valence-corrected chi connectivity index (χ2v) is 10.1. The second-order valence-electron chi connectivity index (χ2n) is 9.67. The van der Waals surface area contributed by atoms with Gasteiger partial charge in [0.1, 0.15) is 11.4 Å². The molecule has 0 bridgehead atoms. The number of halogens is 1. The topological polar surface area (TPSA) is 49.8 Å². The summed E-state index contributed by atoms with van der Waals surface area (Å²) in [7, 11) is 2.06. The fourth-order valence-corrected chi connectivity index (χ4v) is 4.83. The number of rotatable bonds is 8. The van der Waals surface area contributed by atoms with Crippen LogP contribution in [0.4, 0.5) is 0 Å². The Morgan fingerprint density at radius 1 is 1.16 bits per heavy atom. The van der Waals surface area contributed by atoms with E-state index >= 15 is 0 Å². The number of ether oxygens (including phenoxy) is 1. The van der Waals surface area contributed by atoms with Gasteiger partial charge in [0, 0.05) is 17.0 Å². The Bertz CT molecular complexity index is 904. The molecule has 0 amide bonds. The molecule has 0 radical (unpaired) electrons. The lowest BCUT2D eigenvalue weighted by Crippen LogP contribution is -2.30. The summed E-state index contributed by atoms with van der Waals surface area (Å²) in [5.41, 5.74) is 3.39. The lowest BCUT2D eigenvalue weighted by Gasteiger charge is -2.32. The molecule has 0 heterocycles. The molecule has 168 valence electrons. The van der Waals surface area contributed by atoms with Crippen LogP contribution in [-0.4, -0.2) is 41.7 Å². The van der Waals surface area contributed by atoms with Gasteiger partial charge in [-0.1, -0.05) is 29.8 Å². The van der Waals surface area contributed by atoms with E-state index in [0.717, 1.165) is 37.3 Å². The Hall–Kier alpha value is -2.04. The molecule has 1 atom stereocenters. The highest BCUT2D eigenvalue weighted by Gasteiger charge is 2.39. The number of benzene rings is 2. The Kier molecular flexibility index (Phi) is 7.33. The van der Waals surface area contributed by atoms with Crippen LogP contribution in [0.25, 0.3) is 0 Å². The molecule has 0 aliphatic heterocycles. The van der Waals surface area contributed by atoms with Crippen molar-refractivity contribution in [2.75, 3.05) is 20.1 Å². The van der Waals surface area contributed by atoms with E-state index in [1.165, 1.54) is 16.7 Å². The average molecular weight is 444 g/mol. The summed E-state index contributed by atoms with van der Waals surface area (Å²) < 4.78 is 5.41. The Morgan fingerprint density at radius 3 is 2.55 bits per heavy atom. The highest BCUT2D eigenvalue weighted by molar-refractivity contribution is 6.30. The van der Waals surface area contributed by atoms with Crippen molar-refractivity contribution >= 4 is 17.6 Å². The van der Waals surface area contributed by atoms with E-state index in [2.05, 4.69) is 24.1 Å². The van der Waals surface area contributed by atoms with Gasteiger partial charge in [0.05, 0.1) is 6.42 Å². The molecular formula is C26H34ClNO3. The first kappa shape index (κ1) is 23.6. The molecule has 0 unspecified atom stereocenters. The monoisotopic (exact) mass is 443 g/mol. The van der Waals surface area contributed by atoms with Crippen molar-refractivity contribution in [2.45, 2.75) is 63.9 Å². The summed E-state index contributed by atoms with van der Waals surface area (Å²) >= 11 is 6.25. The van der Waals surface area contributed by atoms with Crippen molar-refractivity contribution in [3.63, 3.8) is 0 Å². The van der Waals surface area contributed by atoms with Crippen LogP contribution in [-0.2, 0) is 21.4 Å². The van der Waals surface area contributed by atoms with Crippen LogP contribution in [0.15, 0.2) is 42.5 Å². The third-order valence-electron chi connectivity index (χ3n) is 6.08. The minimum Gasteiger partial charge on any atom is -0.508 e. The predicted molar refractivity (Wildman–Crippen MR) is 126 cm³/mol. The highest BCUT2D eigenvalue weighted by Crippen LogP contribution is 2.48. The van der Waals surface area contributed by atoms with Crippen molar-refractivity contribution < 1.29 is 14.6 Å². The maximum absolute atomic E-state index is 12.0. The third kappa shape index (κ3) is 6.02. The first-order chi connectivity index (χ1) is 14.6. The largest absolute Gasteiger partial charge is 0.508 e. The molecular weight excluding hydrogens is 410 g/mol. The van der Waals surface area contributed by atoms with Gasteiger partial charge in [-0.25, -0.2) is 0 Å². The fourth-order valence-electron chi connectivity index (χ4n) is 4.64. The number of phenols is 1. The molecule has 5 heteroatoms. The number of hydrogen-bond acceptors (Lipinski definition) is 4. The molecule has 1 N–H and O–H groups in total. The van der Waals surface area contributed by atoms with Gasteiger partial charge in [-0.15, -0.1) is 0 Å². The quantitative estimate of drug-likeness (QED) is 0.530. The van der Waals surface area contributed by atoms with E-state index in [1.54, 1.807) is 12.1 Å². The minimum absolute atomic E-state index is 0.0698. The van der Waals surface area contributed by atoms with Crippen molar-refractivity contribution in [2.24, 2.45) is 0 Å². The zero-order valence-electron chi connectivity index (χ0n) is 19.1. The number of hydrogen-bond donors (Lipinski definition) is 1. The third-order valence-corrected chi connectivity index (χ3v) is 6.32. The molecule has 31 heavy (non-hydrogen) atoms. The standard InChI is InChI=1S/C26H34ClNO3/c1-25(2,3)31-24(30)13-17-28(4)16-5-14-26(20-6-9-22(29)10-7-20)15-12-19-18-21(27)8-11-23(19)26/h6-11,18,29H,5,12-17H2,1-4H3/t26-/m1/s1. The van der Waals surface area contributed by atoms with Crippen molar-refractivity contribution in [1.29, 1.82) is 0 Å². The first-order valence-corrected chi connectivity index (χ1v) is 11.5. The summed E-state index contributed by atoms with van der Waals surface area (Å²) in [6.45, 7) is 7.27. The number of aryl methyl sites for hydroxylation is 1. The molecule has 2 aromatic rings. The van der Waals surface area contributed by atoms with Crippen LogP contribution in [0.2, 0.25) is 5.02 Å². The number of aromatic hydroxyl groups is 1. The summed E-state index contributed by atoms with van der Waals surface area (Å²) in [5, 5.41) is 10.6. The number of phenolic OH excluding ortho intramolecular Hbond substituents is 1. The Labute approximate surface area is 191 Å². The molecule has 4 nitrogen and oxygen atoms in total. The molecule has 0 spiro atoms. The van der Waals surface area contributed by atoms with Crippen LogP contribution in [0, 0.1) is 0 Å². The Balaban J connectivity index is 1.66. The van der Waals surface area contributed by atoms with Gasteiger partial charge in [-0.3, -0.25) is 4.79 Å². The lowest BCUT2D eigenvalue weighted by atomic mass is 9.72. The van der Waals surface area contributed by atoms with Crippen LogP contribution in [0.1, 0.15) is 63.1 Å². The van der Waals surface area contributed by atoms with Gasteiger partial charge in [-0.05, 0) is 101 Å². The predicted octanol–water partition coefficient (Wildman–Crippen LogP) is 5.72. The zero-order chi connectivity index (χ0) is 22.6. The van der Waals surface area contributed by atoms with E-state index < -0.39 is 5.60 Å². The van der Waals surface area contributed by atoms with E-state index in [-0.39, 0.29) is 17.1 Å². The zero-order valence-corrected chi connectivity index (χ0v) is 19.8. The van der Waals surface area contributed by atoms with E-state index in [4.69, 9.17) is 16.3 Å². The van der Waals surface area contributed by atoms with Crippen molar-refractivity contribution in [3.05, 3.63) is 64.2 Å². The van der Waals surface area contributed by atoms with Gasteiger partial charge in [0.15, 0.2) is 0 Å². The summed E-state index contributed by atoms with van der Waals surface area (Å²) in [6.07, 6.45) is 4.45.